The molecule has 0 bridgehead atoms. The minimum atomic E-state index is -0.627. The Morgan fingerprint density at radius 3 is 2.72 bits per heavy atom. The van der Waals surface area contributed by atoms with Gasteiger partial charge in [0.25, 0.3) is 11.5 Å². The Hall–Kier alpha value is -4.49. The lowest BCUT2D eigenvalue weighted by atomic mass is 10.1. The van der Waals surface area contributed by atoms with Crippen molar-refractivity contribution >= 4 is 22.6 Å². The third-order valence-corrected chi connectivity index (χ3v) is 5.63. The number of aromatic nitrogens is 3. The lowest BCUT2D eigenvalue weighted by Crippen LogP contribution is -2.30. The molecule has 4 aromatic rings. The largest absolute Gasteiger partial charge is 0.497 e. The SMILES string of the molecule is CCOCCCn1c(=NC(=O)c2cc(OC)ccc2OC)c(C#N)cc2c(=O)n3ccccc3nc21. The van der Waals surface area contributed by atoms with Gasteiger partial charge in [-0.2, -0.15) is 10.3 Å². The van der Waals surface area contributed by atoms with Crippen LogP contribution in [0.2, 0.25) is 0 Å². The van der Waals surface area contributed by atoms with Gasteiger partial charge < -0.3 is 18.8 Å². The molecule has 0 aliphatic heterocycles. The first kappa shape index (κ1) is 24.6. The van der Waals surface area contributed by atoms with E-state index in [0.29, 0.717) is 49.0 Å². The number of hydrogen-bond acceptors (Lipinski definition) is 7. The molecule has 4 rings (SSSR count). The fraction of sp³-hybridized carbons (Fsp3) is 0.269. The third-order valence-electron chi connectivity index (χ3n) is 5.63. The van der Waals surface area contributed by atoms with Crippen molar-refractivity contribution < 1.29 is 19.0 Å². The fourth-order valence-corrected chi connectivity index (χ4v) is 3.90. The number of nitrogens with zero attached hydrogens (tertiary/aromatic N) is 5. The lowest BCUT2D eigenvalue weighted by Gasteiger charge is -2.14. The summed E-state index contributed by atoms with van der Waals surface area (Å²) in [6, 6.07) is 13.5. The molecule has 0 saturated carbocycles. The van der Waals surface area contributed by atoms with Gasteiger partial charge in [0, 0.05) is 26.0 Å². The first-order chi connectivity index (χ1) is 17.5. The van der Waals surface area contributed by atoms with Gasteiger partial charge in [-0.3, -0.25) is 14.0 Å². The van der Waals surface area contributed by atoms with E-state index in [4.69, 9.17) is 14.2 Å². The van der Waals surface area contributed by atoms with Crippen molar-refractivity contribution in [3.8, 4) is 17.6 Å². The molecule has 0 radical (unpaired) electrons. The van der Waals surface area contributed by atoms with Gasteiger partial charge in [0.15, 0.2) is 5.49 Å². The second-order valence-corrected chi connectivity index (χ2v) is 7.76. The number of benzene rings is 1. The highest BCUT2D eigenvalue weighted by Crippen LogP contribution is 2.24. The number of carbonyl (C=O) groups is 1. The van der Waals surface area contributed by atoms with Gasteiger partial charge in [0.1, 0.15) is 28.9 Å². The Morgan fingerprint density at radius 2 is 2.00 bits per heavy atom. The molecule has 10 nitrogen and oxygen atoms in total. The molecule has 184 valence electrons. The van der Waals surface area contributed by atoms with E-state index in [2.05, 4.69) is 16.0 Å². The molecular weight excluding hydrogens is 462 g/mol. The predicted molar refractivity (Wildman–Crippen MR) is 132 cm³/mol. The van der Waals surface area contributed by atoms with E-state index in [0.717, 1.165) is 0 Å². The highest BCUT2D eigenvalue weighted by Gasteiger charge is 2.17. The number of methoxy groups -OCH3 is 2. The standard InChI is InChI=1S/C26H25N5O5/c1-4-36-13-7-12-31-23(29-25(32)19-15-18(34-2)9-10-21(19)35-3)17(16-27)14-20-24(31)28-22-8-5-6-11-30(22)26(20)33/h5-6,8-11,14-15H,4,7,12-13H2,1-3H3. The van der Waals surface area contributed by atoms with Gasteiger partial charge in [-0.25, -0.2) is 4.98 Å². The molecular formula is C26H25N5O5. The van der Waals surface area contributed by atoms with Gasteiger partial charge >= 0.3 is 0 Å². The minimum Gasteiger partial charge on any atom is -0.497 e. The van der Waals surface area contributed by atoms with Crippen molar-refractivity contribution in [2.45, 2.75) is 19.9 Å². The molecule has 0 atom stereocenters. The number of fused-ring (bicyclic) bond motifs is 2. The van der Waals surface area contributed by atoms with E-state index in [1.165, 1.54) is 30.8 Å². The molecule has 0 fully saturated rings. The highest BCUT2D eigenvalue weighted by atomic mass is 16.5. The van der Waals surface area contributed by atoms with Gasteiger partial charge in [-0.05, 0) is 49.7 Å². The van der Waals surface area contributed by atoms with Crippen LogP contribution in [0.4, 0.5) is 0 Å². The Balaban J connectivity index is 2.01. The maximum Gasteiger partial charge on any atom is 0.282 e. The number of aryl methyl sites for hydroxylation is 1. The van der Waals surface area contributed by atoms with Gasteiger partial charge in [-0.1, -0.05) is 6.07 Å². The van der Waals surface area contributed by atoms with Crippen molar-refractivity contribution in [3.63, 3.8) is 0 Å². The number of hydrogen-bond donors (Lipinski definition) is 0. The second kappa shape index (κ2) is 10.8. The van der Waals surface area contributed by atoms with Crippen LogP contribution < -0.4 is 20.5 Å². The van der Waals surface area contributed by atoms with Crippen molar-refractivity contribution in [1.82, 2.24) is 14.0 Å². The van der Waals surface area contributed by atoms with Crippen molar-refractivity contribution in [2.24, 2.45) is 4.99 Å². The zero-order valence-electron chi connectivity index (χ0n) is 20.2. The van der Waals surface area contributed by atoms with Crippen LogP contribution >= 0.6 is 0 Å². The van der Waals surface area contributed by atoms with E-state index >= 15 is 0 Å². The van der Waals surface area contributed by atoms with Crippen molar-refractivity contribution in [3.05, 3.63) is 75.6 Å². The van der Waals surface area contributed by atoms with E-state index in [1.54, 1.807) is 41.1 Å². The zero-order valence-corrected chi connectivity index (χ0v) is 20.2. The molecule has 1 aromatic carbocycles. The Kier molecular flexibility index (Phi) is 7.42. The molecule has 0 spiro atoms. The summed E-state index contributed by atoms with van der Waals surface area (Å²) < 4.78 is 19.1. The van der Waals surface area contributed by atoms with Gasteiger partial charge in [0.05, 0.1) is 30.7 Å². The van der Waals surface area contributed by atoms with E-state index < -0.39 is 5.91 Å². The van der Waals surface area contributed by atoms with E-state index in [9.17, 15) is 14.9 Å². The average Bonchev–Trinajstić information content (AvgIpc) is 2.91. The summed E-state index contributed by atoms with van der Waals surface area (Å²) in [7, 11) is 2.94. The van der Waals surface area contributed by atoms with Crippen LogP contribution in [0.5, 0.6) is 11.5 Å². The fourth-order valence-electron chi connectivity index (χ4n) is 3.90. The lowest BCUT2D eigenvalue weighted by molar-refractivity contribution is 0.0993. The van der Waals surface area contributed by atoms with Gasteiger partial charge in [0.2, 0.25) is 0 Å². The number of carbonyl (C=O) groups excluding carboxylic acids is 1. The molecule has 0 aliphatic carbocycles. The number of amides is 1. The van der Waals surface area contributed by atoms with Crippen molar-refractivity contribution in [2.75, 3.05) is 27.4 Å². The average molecular weight is 488 g/mol. The summed E-state index contributed by atoms with van der Waals surface area (Å²) in [6.45, 7) is 3.22. The molecule has 0 unspecified atom stereocenters. The second-order valence-electron chi connectivity index (χ2n) is 7.76. The molecule has 36 heavy (non-hydrogen) atoms. The van der Waals surface area contributed by atoms with Crippen LogP contribution in [-0.2, 0) is 11.3 Å². The summed E-state index contributed by atoms with van der Waals surface area (Å²) >= 11 is 0. The molecule has 3 heterocycles. The third kappa shape index (κ3) is 4.69. The number of nitriles is 1. The summed E-state index contributed by atoms with van der Waals surface area (Å²) in [5.74, 6) is 0.144. The number of ether oxygens (including phenoxy) is 3. The van der Waals surface area contributed by atoms with Crippen LogP contribution in [0.15, 0.2) is 58.4 Å². The van der Waals surface area contributed by atoms with Crippen molar-refractivity contribution in [1.29, 1.82) is 5.26 Å². The maximum atomic E-state index is 13.3. The smallest absolute Gasteiger partial charge is 0.282 e. The summed E-state index contributed by atoms with van der Waals surface area (Å²) in [5, 5.41) is 10.2. The monoisotopic (exact) mass is 487 g/mol. The van der Waals surface area contributed by atoms with Crippen LogP contribution in [0.25, 0.3) is 16.7 Å². The Labute approximate surface area is 206 Å². The first-order valence-corrected chi connectivity index (χ1v) is 11.4. The van der Waals surface area contributed by atoms with E-state index in [1.807, 2.05) is 6.92 Å². The number of pyridine rings is 2. The van der Waals surface area contributed by atoms with Crippen LogP contribution in [0, 0.1) is 11.3 Å². The molecule has 10 heteroatoms. The topological polar surface area (TPSA) is 120 Å². The zero-order chi connectivity index (χ0) is 25.7. The summed E-state index contributed by atoms with van der Waals surface area (Å²) in [6.07, 6.45) is 2.17. The molecule has 0 N–H and O–H groups in total. The Morgan fingerprint density at radius 1 is 1.17 bits per heavy atom. The summed E-state index contributed by atoms with van der Waals surface area (Å²) in [4.78, 5) is 35.6. The molecule has 3 aromatic heterocycles. The summed E-state index contributed by atoms with van der Waals surface area (Å²) in [5.41, 5.74) is 0.787. The van der Waals surface area contributed by atoms with Crippen LogP contribution in [0.3, 0.4) is 0 Å². The molecule has 1 amide bonds. The van der Waals surface area contributed by atoms with Crippen LogP contribution in [-0.4, -0.2) is 47.3 Å². The normalized spacial score (nSPS) is 11.6. The predicted octanol–water partition coefficient (Wildman–Crippen LogP) is 2.71. The number of rotatable bonds is 8. The molecule has 0 saturated heterocycles. The van der Waals surface area contributed by atoms with E-state index in [-0.39, 0.29) is 27.6 Å². The minimum absolute atomic E-state index is 0.0731. The first-order valence-electron chi connectivity index (χ1n) is 11.4. The van der Waals surface area contributed by atoms with Gasteiger partial charge in [-0.15, -0.1) is 0 Å². The maximum absolute atomic E-state index is 13.3. The van der Waals surface area contributed by atoms with Crippen LogP contribution in [0.1, 0.15) is 29.3 Å². The molecule has 0 aliphatic rings. The quantitative estimate of drug-likeness (QED) is 0.277. The highest BCUT2D eigenvalue weighted by molar-refractivity contribution is 5.98. The Bertz CT molecular complexity index is 1610.